The third-order valence-corrected chi connectivity index (χ3v) is 3.25. The molecule has 2 N–H and O–H groups in total. The van der Waals surface area contributed by atoms with Crippen LogP contribution in [0.1, 0.15) is 24.7 Å². The Morgan fingerprint density at radius 2 is 2.10 bits per heavy atom. The Kier molecular flexibility index (Phi) is 4.54. The van der Waals surface area contributed by atoms with Crippen molar-refractivity contribution in [3.63, 3.8) is 0 Å². The number of aromatic nitrogens is 2. The molecular weight excluding hydrogens is 325 g/mol. The van der Waals surface area contributed by atoms with E-state index in [4.69, 9.17) is 10.5 Å². The molecule has 0 aliphatic carbocycles. The quantitative estimate of drug-likeness (QED) is 0.913. The maximum atomic E-state index is 13.7. The number of benzene rings is 1. The van der Waals surface area contributed by atoms with Gasteiger partial charge in [0.25, 0.3) is 0 Å². The summed E-state index contributed by atoms with van der Waals surface area (Å²) in [7, 11) is 0. The van der Waals surface area contributed by atoms with E-state index in [0.29, 0.717) is 23.6 Å². The summed E-state index contributed by atoms with van der Waals surface area (Å²) < 4.78 is 20.0. The van der Waals surface area contributed by atoms with Gasteiger partial charge in [-0.3, -0.25) is 0 Å². The van der Waals surface area contributed by atoms with Crippen molar-refractivity contribution in [1.29, 1.82) is 0 Å². The number of nitrogens with zero attached hydrogens (tertiary/aromatic N) is 2. The van der Waals surface area contributed by atoms with Crippen molar-refractivity contribution in [1.82, 2.24) is 9.97 Å². The second-order valence-electron chi connectivity index (χ2n) is 4.38. The first-order valence-electron chi connectivity index (χ1n) is 6.27. The van der Waals surface area contributed by atoms with E-state index in [1.807, 2.05) is 6.92 Å². The average molecular weight is 340 g/mol. The molecule has 0 aliphatic heterocycles. The number of anilines is 1. The molecular formula is C14H15BrFN3O. The van der Waals surface area contributed by atoms with Gasteiger partial charge in [0.15, 0.2) is 11.6 Å². The largest absolute Gasteiger partial charge is 0.435 e. The fourth-order valence-corrected chi connectivity index (χ4v) is 1.99. The molecule has 0 fully saturated rings. The lowest BCUT2D eigenvalue weighted by Crippen LogP contribution is -2.05. The van der Waals surface area contributed by atoms with Gasteiger partial charge in [-0.1, -0.05) is 22.9 Å². The minimum absolute atomic E-state index is 0.100. The predicted molar refractivity (Wildman–Crippen MR) is 79.4 cm³/mol. The lowest BCUT2D eigenvalue weighted by atomic mass is 10.3. The van der Waals surface area contributed by atoms with Gasteiger partial charge in [-0.15, -0.1) is 0 Å². The summed E-state index contributed by atoms with van der Waals surface area (Å²) >= 11 is 3.28. The fraction of sp³-hybridized carbons (Fsp3) is 0.286. The molecule has 0 radical (unpaired) electrons. The van der Waals surface area contributed by atoms with Crippen molar-refractivity contribution in [2.75, 3.05) is 5.73 Å². The van der Waals surface area contributed by atoms with E-state index >= 15 is 0 Å². The van der Waals surface area contributed by atoms with Gasteiger partial charge in [0.05, 0.1) is 5.56 Å². The first-order chi connectivity index (χ1) is 9.51. The standard InChI is InChI=1S/C14H15BrFN3O/c1-3-4-12-18-13(17)8(2)14(19-12)20-11-7-9(15)5-6-10(11)16/h5-7H,3-4H2,1-2H3,(H2,17,18,19). The molecule has 0 amide bonds. The lowest BCUT2D eigenvalue weighted by molar-refractivity contribution is 0.421. The zero-order valence-corrected chi connectivity index (χ0v) is 12.9. The summed E-state index contributed by atoms with van der Waals surface area (Å²) in [4.78, 5) is 8.48. The van der Waals surface area contributed by atoms with Crippen molar-refractivity contribution < 1.29 is 9.13 Å². The van der Waals surface area contributed by atoms with Crippen LogP contribution in [0.25, 0.3) is 0 Å². The van der Waals surface area contributed by atoms with Crippen molar-refractivity contribution in [3.8, 4) is 11.6 Å². The number of nitrogen functional groups attached to an aromatic ring is 1. The highest BCUT2D eigenvalue weighted by Gasteiger charge is 2.13. The first kappa shape index (κ1) is 14.7. The van der Waals surface area contributed by atoms with Crippen molar-refractivity contribution in [2.45, 2.75) is 26.7 Å². The number of rotatable bonds is 4. The van der Waals surface area contributed by atoms with Crippen LogP contribution in [-0.4, -0.2) is 9.97 Å². The van der Waals surface area contributed by atoms with Crippen LogP contribution in [0.2, 0.25) is 0 Å². The predicted octanol–water partition coefficient (Wildman–Crippen LogP) is 4.01. The number of halogens is 2. The monoisotopic (exact) mass is 339 g/mol. The maximum absolute atomic E-state index is 13.7. The molecule has 0 saturated carbocycles. The number of hydrogen-bond acceptors (Lipinski definition) is 4. The number of hydrogen-bond donors (Lipinski definition) is 1. The SMILES string of the molecule is CCCc1nc(N)c(C)c(Oc2cc(Br)ccc2F)n1. The first-order valence-corrected chi connectivity index (χ1v) is 7.06. The van der Waals surface area contributed by atoms with Gasteiger partial charge >= 0.3 is 0 Å². The Morgan fingerprint density at radius 3 is 2.80 bits per heavy atom. The highest BCUT2D eigenvalue weighted by atomic mass is 79.9. The van der Waals surface area contributed by atoms with Gasteiger partial charge < -0.3 is 10.5 Å². The van der Waals surface area contributed by atoms with Crippen LogP contribution in [0.15, 0.2) is 22.7 Å². The number of nitrogens with two attached hydrogens (primary N) is 1. The third kappa shape index (κ3) is 3.25. The summed E-state index contributed by atoms with van der Waals surface area (Å²) in [5.74, 6) is 0.887. The van der Waals surface area contributed by atoms with Crippen LogP contribution in [0.5, 0.6) is 11.6 Å². The molecule has 6 heteroatoms. The van der Waals surface area contributed by atoms with Crippen LogP contribution in [0, 0.1) is 12.7 Å². The molecule has 0 spiro atoms. The topological polar surface area (TPSA) is 61.0 Å². The van der Waals surface area contributed by atoms with Gasteiger partial charge in [-0.2, -0.15) is 4.98 Å². The van der Waals surface area contributed by atoms with Crippen LogP contribution in [0.4, 0.5) is 10.2 Å². The Morgan fingerprint density at radius 1 is 1.35 bits per heavy atom. The summed E-state index contributed by atoms with van der Waals surface area (Å²) in [6.45, 7) is 3.77. The van der Waals surface area contributed by atoms with E-state index in [0.717, 1.165) is 10.9 Å². The van der Waals surface area contributed by atoms with Gasteiger partial charge in [-0.25, -0.2) is 9.37 Å². The van der Waals surface area contributed by atoms with Gasteiger partial charge in [0, 0.05) is 10.9 Å². The smallest absolute Gasteiger partial charge is 0.227 e. The Bertz CT molecular complexity index is 634. The molecule has 0 unspecified atom stereocenters. The molecule has 1 aromatic heterocycles. The van der Waals surface area contributed by atoms with E-state index in [1.54, 1.807) is 19.1 Å². The minimum Gasteiger partial charge on any atom is -0.435 e. The van der Waals surface area contributed by atoms with Crippen LogP contribution in [-0.2, 0) is 6.42 Å². The van der Waals surface area contributed by atoms with Crippen molar-refractivity contribution in [3.05, 3.63) is 39.9 Å². The van der Waals surface area contributed by atoms with E-state index in [9.17, 15) is 4.39 Å². The molecule has 1 aromatic carbocycles. The molecule has 0 atom stereocenters. The molecule has 4 nitrogen and oxygen atoms in total. The second kappa shape index (κ2) is 6.17. The van der Waals surface area contributed by atoms with Gasteiger partial charge in [0.1, 0.15) is 11.6 Å². The lowest BCUT2D eigenvalue weighted by Gasteiger charge is -2.11. The Hall–Kier alpha value is -1.69. The van der Waals surface area contributed by atoms with Crippen LogP contribution < -0.4 is 10.5 Å². The molecule has 0 bridgehead atoms. The Labute approximate surface area is 125 Å². The molecule has 20 heavy (non-hydrogen) atoms. The zero-order chi connectivity index (χ0) is 14.7. The average Bonchev–Trinajstić information content (AvgIpc) is 2.40. The van der Waals surface area contributed by atoms with Crippen LogP contribution >= 0.6 is 15.9 Å². The van der Waals surface area contributed by atoms with E-state index in [2.05, 4.69) is 25.9 Å². The third-order valence-electron chi connectivity index (χ3n) is 2.76. The Balaban J connectivity index is 2.39. The van der Waals surface area contributed by atoms with E-state index in [1.165, 1.54) is 6.07 Å². The summed E-state index contributed by atoms with van der Waals surface area (Å²) in [5, 5.41) is 0. The van der Waals surface area contributed by atoms with Gasteiger partial charge in [0.2, 0.25) is 5.88 Å². The number of ether oxygens (including phenoxy) is 1. The number of aryl methyl sites for hydroxylation is 1. The molecule has 106 valence electrons. The maximum Gasteiger partial charge on any atom is 0.227 e. The normalized spacial score (nSPS) is 10.6. The minimum atomic E-state index is -0.457. The highest BCUT2D eigenvalue weighted by molar-refractivity contribution is 9.10. The van der Waals surface area contributed by atoms with Crippen molar-refractivity contribution in [2.24, 2.45) is 0 Å². The zero-order valence-electron chi connectivity index (χ0n) is 11.3. The highest BCUT2D eigenvalue weighted by Crippen LogP contribution is 2.29. The molecule has 2 aromatic rings. The summed E-state index contributed by atoms with van der Waals surface area (Å²) in [6.07, 6.45) is 1.59. The van der Waals surface area contributed by atoms with E-state index < -0.39 is 5.82 Å². The van der Waals surface area contributed by atoms with Crippen LogP contribution in [0.3, 0.4) is 0 Å². The summed E-state index contributed by atoms with van der Waals surface area (Å²) in [5.41, 5.74) is 6.44. The molecule has 0 aliphatic rings. The molecule has 2 rings (SSSR count). The van der Waals surface area contributed by atoms with Crippen molar-refractivity contribution >= 4 is 21.7 Å². The van der Waals surface area contributed by atoms with E-state index in [-0.39, 0.29) is 11.6 Å². The molecule has 0 saturated heterocycles. The molecule has 1 heterocycles. The van der Waals surface area contributed by atoms with Gasteiger partial charge in [-0.05, 0) is 31.5 Å². The fourth-order valence-electron chi connectivity index (χ4n) is 1.65. The second-order valence-corrected chi connectivity index (χ2v) is 5.30. The summed E-state index contributed by atoms with van der Waals surface area (Å²) in [6, 6.07) is 4.48.